The number of ether oxygens (including phenoxy) is 1. The van der Waals surface area contributed by atoms with E-state index >= 15 is 0 Å². The van der Waals surface area contributed by atoms with E-state index in [4.69, 9.17) is 4.74 Å². The minimum Gasteiger partial charge on any atom is -0.381 e. The van der Waals surface area contributed by atoms with Gasteiger partial charge in [0.25, 0.3) is 0 Å². The molecule has 2 saturated heterocycles. The highest BCUT2D eigenvalue weighted by Crippen LogP contribution is 2.27. The van der Waals surface area contributed by atoms with Gasteiger partial charge in [0.2, 0.25) is 5.91 Å². The van der Waals surface area contributed by atoms with Crippen LogP contribution < -0.4 is 0 Å². The molecule has 0 aliphatic carbocycles. The Morgan fingerprint density at radius 2 is 2.20 bits per heavy atom. The van der Waals surface area contributed by atoms with Gasteiger partial charge in [-0.15, -0.1) is 0 Å². The van der Waals surface area contributed by atoms with Crippen LogP contribution in [0.2, 0.25) is 0 Å². The maximum atomic E-state index is 12.6. The zero-order valence-electron chi connectivity index (χ0n) is 12.1. The molecular weight excluding hydrogens is 254 g/mol. The molecule has 1 N–H and O–H groups in total. The highest BCUT2D eigenvalue weighted by Gasteiger charge is 2.31. The number of H-pyrrole nitrogens is 1. The standard InChI is InChI=1S/C15H23N3O2/c1-11-9-16-14(17-11)13-3-2-6-18(10-13)15(19)12-4-7-20-8-5-12/h9,12-13H,2-8,10H2,1H3,(H,16,17)/t13-/m0/s1. The summed E-state index contributed by atoms with van der Waals surface area (Å²) in [5.41, 5.74) is 1.09. The van der Waals surface area contributed by atoms with Gasteiger partial charge in [-0.25, -0.2) is 4.98 Å². The highest BCUT2D eigenvalue weighted by atomic mass is 16.5. The van der Waals surface area contributed by atoms with E-state index in [0.29, 0.717) is 11.8 Å². The molecule has 20 heavy (non-hydrogen) atoms. The van der Waals surface area contributed by atoms with Gasteiger partial charge in [0.05, 0.1) is 0 Å². The fraction of sp³-hybridized carbons (Fsp3) is 0.733. The van der Waals surface area contributed by atoms with Gasteiger partial charge in [-0.1, -0.05) is 0 Å². The Bertz CT molecular complexity index is 465. The van der Waals surface area contributed by atoms with Gasteiger partial charge in [0, 0.05) is 50.0 Å². The quantitative estimate of drug-likeness (QED) is 0.897. The first-order valence-corrected chi connectivity index (χ1v) is 7.62. The monoisotopic (exact) mass is 277 g/mol. The Balaban J connectivity index is 1.63. The van der Waals surface area contributed by atoms with E-state index in [1.54, 1.807) is 0 Å². The lowest BCUT2D eigenvalue weighted by atomic mass is 9.93. The van der Waals surface area contributed by atoms with E-state index in [9.17, 15) is 4.79 Å². The molecule has 0 radical (unpaired) electrons. The predicted octanol–water partition coefficient (Wildman–Crippen LogP) is 1.85. The van der Waals surface area contributed by atoms with E-state index in [-0.39, 0.29) is 5.92 Å². The number of aryl methyl sites for hydroxylation is 1. The summed E-state index contributed by atoms with van der Waals surface area (Å²) < 4.78 is 5.34. The third kappa shape index (κ3) is 2.87. The maximum absolute atomic E-state index is 12.6. The number of aromatic amines is 1. The molecular formula is C15H23N3O2. The Morgan fingerprint density at radius 3 is 2.90 bits per heavy atom. The second-order valence-electron chi connectivity index (χ2n) is 5.96. The molecule has 3 rings (SSSR count). The molecule has 0 aromatic carbocycles. The summed E-state index contributed by atoms with van der Waals surface area (Å²) in [4.78, 5) is 22.4. The van der Waals surface area contributed by atoms with Crippen molar-refractivity contribution < 1.29 is 9.53 Å². The van der Waals surface area contributed by atoms with Gasteiger partial charge in [0.1, 0.15) is 5.82 Å². The van der Waals surface area contributed by atoms with Crippen LogP contribution in [0, 0.1) is 12.8 Å². The fourth-order valence-electron chi connectivity index (χ4n) is 3.24. The molecule has 5 heteroatoms. The number of hydrogen-bond donors (Lipinski definition) is 1. The van der Waals surface area contributed by atoms with Crippen molar-refractivity contribution in [2.24, 2.45) is 5.92 Å². The molecule has 1 aromatic heterocycles. The first-order chi connectivity index (χ1) is 9.74. The topological polar surface area (TPSA) is 58.2 Å². The number of piperidine rings is 1. The lowest BCUT2D eigenvalue weighted by Gasteiger charge is -2.35. The van der Waals surface area contributed by atoms with Crippen LogP contribution in [-0.4, -0.2) is 47.1 Å². The summed E-state index contributed by atoms with van der Waals surface area (Å²) in [6, 6.07) is 0. The van der Waals surface area contributed by atoms with E-state index in [0.717, 1.165) is 63.5 Å². The van der Waals surface area contributed by atoms with E-state index in [1.165, 1.54) is 0 Å². The van der Waals surface area contributed by atoms with Crippen LogP contribution in [0.4, 0.5) is 0 Å². The van der Waals surface area contributed by atoms with Gasteiger partial charge in [-0.2, -0.15) is 0 Å². The van der Waals surface area contributed by atoms with E-state index < -0.39 is 0 Å². The van der Waals surface area contributed by atoms with Crippen LogP contribution in [0.15, 0.2) is 6.20 Å². The average molecular weight is 277 g/mol. The fourth-order valence-corrected chi connectivity index (χ4v) is 3.24. The van der Waals surface area contributed by atoms with Crippen molar-refractivity contribution in [3.63, 3.8) is 0 Å². The van der Waals surface area contributed by atoms with Crippen molar-refractivity contribution in [1.29, 1.82) is 0 Å². The number of carbonyl (C=O) groups excluding carboxylic acids is 1. The number of nitrogens with one attached hydrogen (secondary N) is 1. The Labute approximate surface area is 119 Å². The number of hydrogen-bond acceptors (Lipinski definition) is 3. The summed E-state index contributed by atoms with van der Waals surface area (Å²) >= 11 is 0. The van der Waals surface area contributed by atoms with Gasteiger partial charge >= 0.3 is 0 Å². The minimum absolute atomic E-state index is 0.167. The predicted molar refractivity (Wildman–Crippen MR) is 75.4 cm³/mol. The molecule has 0 unspecified atom stereocenters. The third-order valence-electron chi connectivity index (χ3n) is 4.41. The van der Waals surface area contributed by atoms with Crippen molar-refractivity contribution in [3.8, 4) is 0 Å². The van der Waals surface area contributed by atoms with Gasteiger partial charge in [-0.05, 0) is 32.6 Å². The van der Waals surface area contributed by atoms with Crippen LogP contribution in [0.25, 0.3) is 0 Å². The Hall–Kier alpha value is -1.36. The number of imidazole rings is 1. The van der Waals surface area contributed by atoms with E-state index in [1.807, 2.05) is 18.0 Å². The first kappa shape index (κ1) is 13.6. The van der Waals surface area contributed by atoms with Gasteiger partial charge < -0.3 is 14.6 Å². The smallest absolute Gasteiger partial charge is 0.225 e. The second kappa shape index (κ2) is 5.95. The first-order valence-electron chi connectivity index (χ1n) is 7.62. The van der Waals surface area contributed by atoms with Crippen molar-refractivity contribution in [2.75, 3.05) is 26.3 Å². The normalized spacial score (nSPS) is 24.9. The van der Waals surface area contributed by atoms with Crippen LogP contribution in [0.1, 0.15) is 43.1 Å². The molecule has 1 aromatic rings. The molecule has 2 aliphatic heterocycles. The molecule has 1 amide bonds. The SMILES string of the molecule is Cc1cnc([C@H]2CCCN(C(=O)C3CCOCC3)C2)[nH]1. The molecule has 2 aliphatic rings. The van der Waals surface area contributed by atoms with Crippen LogP contribution in [0.3, 0.4) is 0 Å². The van der Waals surface area contributed by atoms with Crippen molar-refractivity contribution >= 4 is 5.91 Å². The number of carbonyl (C=O) groups is 1. The van der Waals surface area contributed by atoms with Crippen molar-refractivity contribution in [1.82, 2.24) is 14.9 Å². The van der Waals surface area contributed by atoms with E-state index in [2.05, 4.69) is 9.97 Å². The molecule has 3 heterocycles. The van der Waals surface area contributed by atoms with Gasteiger partial charge in [0.15, 0.2) is 0 Å². The third-order valence-corrected chi connectivity index (χ3v) is 4.41. The average Bonchev–Trinajstić information content (AvgIpc) is 2.94. The summed E-state index contributed by atoms with van der Waals surface area (Å²) in [5, 5.41) is 0. The summed E-state index contributed by atoms with van der Waals surface area (Å²) in [5.74, 6) is 1.88. The zero-order chi connectivity index (χ0) is 13.9. The van der Waals surface area contributed by atoms with Crippen LogP contribution in [0.5, 0.6) is 0 Å². The Morgan fingerprint density at radius 1 is 1.40 bits per heavy atom. The Kier molecular flexibility index (Phi) is 4.05. The molecule has 0 spiro atoms. The summed E-state index contributed by atoms with van der Waals surface area (Å²) in [7, 11) is 0. The zero-order valence-corrected chi connectivity index (χ0v) is 12.1. The largest absolute Gasteiger partial charge is 0.381 e. The molecule has 110 valence electrons. The van der Waals surface area contributed by atoms with Crippen LogP contribution >= 0.6 is 0 Å². The number of aromatic nitrogens is 2. The minimum atomic E-state index is 0.167. The van der Waals surface area contributed by atoms with Crippen molar-refractivity contribution in [2.45, 2.75) is 38.5 Å². The lowest BCUT2D eigenvalue weighted by Crippen LogP contribution is -2.43. The number of amides is 1. The number of nitrogens with zero attached hydrogens (tertiary/aromatic N) is 2. The maximum Gasteiger partial charge on any atom is 0.225 e. The molecule has 0 bridgehead atoms. The summed E-state index contributed by atoms with van der Waals surface area (Å²) in [6.45, 7) is 5.18. The lowest BCUT2D eigenvalue weighted by molar-refractivity contribution is -0.139. The summed E-state index contributed by atoms with van der Waals surface area (Å²) in [6.07, 6.45) is 5.80. The highest BCUT2D eigenvalue weighted by molar-refractivity contribution is 5.79. The molecule has 5 nitrogen and oxygen atoms in total. The van der Waals surface area contributed by atoms with Crippen molar-refractivity contribution in [3.05, 3.63) is 17.7 Å². The second-order valence-corrected chi connectivity index (χ2v) is 5.96. The molecule has 0 saturated carbocycles. The molecule has 1 atom stereocenters. The van der Waals surface area contributed by atoms with Crippen LogP contribution in [-0.2, 0) is 9.53 Å². The molecule has 2 fully saturated rings. The number of likely N-dealkylation sites (tertiary alicyclic amines) is 1. The number of rotatable bonds is 2. The van der Waals surface area contributed by atoms with Gasteiger partial charge in [-0.3, -0.25) is 4.79 Å².